The molecule has 1 N–H and O–H groups in total. The highest BCUT2D eigenvalue weighted by atomic mass is 32.2. The zero-order chi connectivity index (χ0) is 20.4. The maximum atomic E-state index is 12.4. The molecule has 2 heterocycles. The Morgan fingerprint density at radius 3 is 2.83 bits per heavy atom. The Morgan fingerprint density at radius 2 is 2.07 bits per heavy atom. The third kappa shape index (κ3) is 4.28. The minimum absolute atomic E-state index is 0.120. The number of aromatic nitrogens is 2. The molecular weight excluding hydrogens is 406 g/mol. The smallest absolute Gasteiger partial charge is 0.337 e. The predicted molar refractivity (Wildman–Crippen MR) is 116 cm³/mol. The van der Waals surface area contributed by atoms with Gasteiger partial charge in [-0.3, -0.25) is 4.79 Å². The summed E-state index contributed by atoms with van der Waals surface area (Å²) < 4.78 is 4.68. The monoisotopic (exact) mass is 427 g/mol. The highest BCUT2D eigenvalue weighted by Gasteiger charge is 2.23. The molecule has 0 saturated heterocycles. The second-order valence-corrected chi connectivity index (χ2v) is 9.16. The maximum absolute atomic E-state index is 12.4. The molecule has 0 saturated carbocycles. The van der Waals surface area contributed by atoms with E-state index in [4.69, 9.17) is 0 Å². The number of thiophene rings is 1. The summed E-state index contributed by atoms with van der Waals surface area (Å²) in [6.45, 7) is 2.29. The lowest BCUT2D eigenvalue weighted by Crippen LogP contribution is -2.14. The van der Waals surface area contributed by atoms with Gasteiger partial charge in [0.15, 0.2) is 0 Å². The lowest BCUT2D eigenvalue weighted by atomic mass is 9.89. The van der Waals surface area contributed by atoms with Crippen molar-refractivity contribution in [2.45, 2.75) is 31.2 Å². The van der Waals surface area contributed by atoms with Crippen LogP contribution in [0.3, 0.4) is 0 Å². The van der Waals surface area contributed by atoms with Crippen molar-refractivity contribution in [3.63, 3.8) is 0 Å². The van der Waals surface area contributed by atoms with Crippen molar-refractivity contribution in [2.75, 3.05) is 18.2 Å². The minimum atomic E-state index is -0.403. The first-order valence-electron chi connectivity index (χ1n) is 9.41. The number of carbonyl (C=O) groups is 2. The van der Waals surface area contributed by atoms with E-state index in [2.05, 4.69) is 26.9 Å². The summed E-state index contributed by atoms with van der Waals surface area (Å²) in [6, 6.07) is 6.63. The van der Waals surface area contributed by atoms with E-state index in [-0.39, 0.29) is 11.7 Å². The van der Waals surface area contributed by atoms with Gasteiger partial charge >= 0.3 is 5.97 Å². The van der Waals surface area contributed by atoms with Crippen LogP contribution < -0.4 is 5.32 Å². The Bertz CT molecular complexity index is 1060. The number of aryl methyl sites for hydroxylation is 1. The first kappa shape index (κ1) is 19.8. The summed E-state index contributed by atoms with van der Waals surface area (Å²) in [7, 11) is 1.34. The Balaban J connectivity index is 1.44. The van der Waals surface area contributed by atoms with E-state index in [0.29, 0.717) is 17.2 Å². The zero-order valence-corrected chi connectivity index (χ0v) is 17.9. The normalized spacial score (nSPS) is 15.7. The fourth-order valence-corrected chi connectivity index (χ4v) is 5.73. The molecule has 2 aromatic heterocycles. The summed E-state index contributed by atoms with van der Waals surface area (Å²) in [6.07, 6.45) is 4.91. The Kier molecular flexibility index (Phi) is 5.82. The minimum Gasteiger partial charge on any atom is -0.465 e. The second-order valence-electron chi connectivity index (χ2n) is 7.12. The number of methoxy groups -OCH3 is 1. The second kappa shape index (κ2) is 8.51. The summed E-state index contributed by atoms with van der Waals surface area (Å²) in [4.78, 5) is 35.2. The van der Waals surface area contributed by atoms with E-state index in [1.165, 1.54) is 35.7 Å². The first-order chi connectivity index (χ1) is 14.0. The molecule has 150 valence electrons. The van der Waals surface area contributed by atoms with Gasteiger partial charge in [-0.05, 0) is 55.0 Å². The van der Waals surface area contributed by atoms with Crippen molar-refractivity contribution in [2.24, 2.45) is 5.92 Å². The van der Waals surface area contributed by atoms with Crippen LogP contribution in [-0.4, -0.2) is 34.7 Å². The number of hydrogen-bond acceptors (Lipinski definition) is 7. The van der Waals surface area contributed by atoms with Gasteiger partial charge in [-0.2, -0.15) is 0 Å². The molecule has 4 rings (SSSR count). The number of nitrogens with one attached hydrogen (secondary N) is 1. The van der Waals surface area contributed by atoms with Crippen LogP contribution in [0.25, 0.3) is 10.2 Å². The van der Waals surface area contributed by atoms with E-state index in [1.54, 1.807) is 41.9 Å². The van der Waals surface area contributed by atoms with Crippen molar-refractivity contribution < 1.29 is 14.3 Å². The lowest BCUT2D eigenvalue weighted by Gasteiger charge is -2.18. The van der Waals surface area contributed by atoms with Crippen LogP contribution in [0, 0.1) is 5.92 Å². The van der Waals surface area contributed by atoms with E-state index in [9.17, 15) is 9.59 Å². The Labute approximate surface area is 177 Å². The van der Waals surface area contributed by atoms with E-state index in [1.807, 2.05) is 0 Å². The van der Waals surface area contributed by atoms with Crippen molar-refractivity contribution in [1.29, 1.82) is 0 Å². The van der Waals surface area contributed by atoms with Gasteiger partial charge in [-0.1, -0.05) is 18.7 Å². The predicted octanol–water partition coefficient (Wildman–Crippen LogP) is 4.33. The van der Waals surface area contributed by atoms with Gasteiger partial charge in [0.05, 0.1) is 18.4 Å². The molecule has 8 heteroatoms. The molecule has 3 aromatic rings. The fourth-order valence-electron chi connectivity index (χ4n) is 3.49. The van der Waals surface area contributed by atoms with E-state index in [0.717, 1.165) is 28.1 Å². The van der Waals surface area contributed by atoms with Crippen LogP contribution in [0.5, 0.6) is 0 Å². The average Bonchev–Trinajstić information content (AvgIpc) is 3.10. The van der Waals surface area contributed by atoms with Gasteiger partial charge in [0.25, 0.3) is 0 Å². The summed E-state index contributed by atoms with van der Waals surface area (Å²) in [5.41, 5.74) is 2.45. The number of ether oxygens (including phenoxy) is 1. The summed E-state index contributed by atoms with van der Waals surface area (Å²) in [5.74, 6) is 0.437. The molecule has 1 aromatic carbocycles. The highest BCUT2D eigenvalue weighted by molar-refractivity contribution is 8.00. The van der Waals surface area contributed by atoms with Crippen LogP contribution in [0.1, 0.15) is 34.1 Å². The molecule has 1 atom stereocenters. The molecule has 0 bridgehead atoms. The number of anilines is 1. The number of rotatable bonds is 5. The number of amides is 1. The molecule has 1 amide bonds. The van der Waals surface area contributed by atoms with Gasteiger partial charge in [0.1, 0.15) is 16.2 Å². The third-order valence-electron chi connectivity index (χ3n) is 4.99. The van der Waals surface area contributed by atoms with Crippen LogP contribution in [0.2, 0.25) is 0 Å². The van der Waals surface area contributed by atoms with Crippen molar-refractivity contribution in [3.8, 4) is 0 Å². The SMILES string of the molecule is COC(=O)c1ccc(NC(=O)CSc2ncnc3sc4c(c23)CCC(C)C4)cc1. The number of benzene rings is 1. The highest BCUT2D eigenvalue weighted by Crippen LogP contribution is 2.40. The quantitative estimate of drug-likeness (QED) is 0.371. The van der Waals surface area contributed by atoms with Gasteiger partial charge < -0.3 is 10.1 Å². The van der Waals surface area contributed by atoms with Gasteiger partial charge in [0.2, 0.25) is 5.91 Å². The first-order valence-corrected chi connectivity index (χ1v) is 11.2. The molecule has 6 nitrogen and oxygen atoms in total. The number of fused-ring (bicyclic) bond motifs is 3. The van der Waals surface area contributed by atoms with Crippen LogP contribution in [0.4, 0.5) is 5.69 Å². The molecule has 29 heavy (non-hydrogen) atoms. The summed E-state index contributed by atoms with van der Waals surface area (Å²) >= 11 is 3.19. The van der Waals surface area contributed by atoms with Crippen molar-refractivity contribution >= 4 is 50.9 Å². The largest absolute Gasteiger partial charge is 0.465 e. The van der Waals surface area contributed by atoms with Crippen LogP contribution in [0.15, 0.2) is 35.6 Å². The third-order valence-corrected chi connectivity index (χ3v) is 7.14. The van der Waals surface area contributed by atoms with Crippen molar-refractivity contribution in [3.05, 3.63) is 46.6 Å². The van der Waals surface area contributed by atoms with E-state index >= 15 is 0 Å². The van der Waals surface area contributed by atoms with Gasteiger partial charge in [0, 0.05) is 16.0 Å². The molecular formula is C21H21N3O3S2. The number of nitrogens with zero attached hydrogens (tertiary/aromatic N) is 2. The lowest BCUT2D eigenvalue weighted by molar-refractivity contribution is -0.113. The standard InChI is InChI=1S/C21H21N3O3S2/c1-12-3-8-15-16(9-12)29-20-18(15)19(22-11-23-20)28-10-17(25)24-14-6-4-13(5-7-14)21(26)27-2/h4-7,11-12H,3,8-10H2,1-2H3,(H,24,25). The van der Waals surface area contributed by atoms with Crippen LogP contribution >= 0.6 is 23.1 Å². The number of hydrogen-bond donors (Lipinski definition) is 1. The summed E-state index contributed by atoms with van der Waals surface area (Å²) in [5, 5.41) is 4.85. The molecule has 0 aliphatic heterocycles. The molecule has 0 spiro atoms. The topological polar surface area (TPSA) is 81.2 Å². The zero-order valence-electron chi connectivity index (χ0n) is 16.2. The Hall–Kier alpha value is -2.45. The molecule has 1 aliphatic carbocycles. The van der Waals surface area contributed by atoms with E-state index < -0.39 is 5.97 Å². The molecule has 1 unspecified atom stereocenters. The number of esters is 1. The molecule has 0 radical (unpaired) electrons. The molecule has 0 fully saturated rings. The van der Waals surface area contributed by atoms with Gasteiger partial charge in [-0.25, -0.2) is 14.8 Å². The fraction of sp³-hybridized carbons (Fsp3) is 0.333. The number of thioether (sulfide) groups is 1. The number of carbonyl (C=O) groups excluding carboxylic acids is 2. The maximum Gasteiger partial charge on any atom is 0.337 e. The molecule has 1 aliphatic rings. The van der Waals surface area contributed by atoms with Gasteiger partial charge in [-0.15, -0.1) is 11.3 Å². The Morgan fingerprint density at radius 1 is 1.28 bits per heavy atom. The van der Waals surface area contributed by atoms with Crippen molar-refractivity contribution in [1.82, 2.24) is 9.97 Å². The average molecular weight is 428 g/mol. The van der Waals surface area contributed by atoms with Crippen LogP contribution in [-0.2, 0) is 22.4 Å².